The first kappa shape index (κ1) is 19.0. The Hall–Kier alpha value is -2.81. The van der Waals surface area contributed by atoms with Crippen LogP contribution in [0.25, 0.3) is 11.1 Å². The number of carbonyl (C=O) groups is 1. The normalized spacial score (nSPS) is 21.3. The second kappa shape index (κ2) is 7.83. The van der Waals surface area contributed by atoms with E-state index < -0.39 is 30.1 Å². The lowest BCUT2D eigenvalue weighted by atomic mass is 9.72. The third-order valence-electron chi connectivity index (χ3n) is 5.02. The molecule has 0 aromatic heterocycles. The van der Waals surface area contributed by atoms with Crippen molar-refractivity contribution in [2.45, 2.75) is 31.1 Å². The predicted octanol–water partition coefficient (Wildman–Crippen LogP) is 4.65. The summed E-state index contributed by atoms with van der Waals surface area (Å²) in [6.07, 6.45) is -0.681. The van der Waals surface area contributed by atoms with Crippen LogP contribution in [0.15, 0.2) is 48.5 Å². The van der Waals surface area contributed by atoms with E-state index in [0.29, 0.717) is 0 Å². The summed E-state index contributed by atoms with van der Waals surface area (Å²) in [5.41, 5.74) is 2.35. The molecule has 1 aliphatic rings. The molecule has 1 N–H and O–H groups in total. The van der Waals surface area contributed by atoms with Gasteiger partial charge < -0.3 is 5.32 Å². The van der Waals surface area contributed by atoms with Crippen LogP contribution in [0, 0.1) is 23.1 Å². The van der Waals surface area contributed by atoms with E-state index in [0.717, 1.165) is 16.7 Å². The SMILES string of the molecule is N#CCNC(=O)C1CC(F)(F)CCC1c1ccccc1-c1ccc(F)cc1. The molecule has 2 unspecified atom stereocenters. The number of carbonyl (C=O) groups excluding carboxylic acids is 1. The van der Waals surface area contributed by atoms with E-state index in [-0.39, 0.29) is 25.2 Å². The van der Waals surface area contributed by atoms with Crippen LogP contribution in [0.3, 0.4) is 0 Å². The highest BCUT2D eigenvalue weighted by molar-refractivity contribution is 5.81. The molecule has 0 bridgehead atoms. The highest BCUT2D eigenvalue weighted by Crippen LogP contribution is 2.47. The van der Waals surface area contributed by atoms with Crippen molar-refractivity contribution >= 4 is 5.91 Å². The number of alkyl halides is 2. The number of hydrogen-bond acceptors (Lipinski definition) is 2. The van der Waals surface area contributed by atoms with Crippen LogP contribution in [-0.4, -0.2) is 18.4 Å². The van der Waals surface area contributed by atoms with Crippen LogP contribution in [0.1, 0.15) is 30.7 Å². The van der Waals surface area contributed by atoms with Crippen LogP contribution in [0.5, 0.6) is 0 Å². The minimum absolute atomic E-state index is 0.163. The topological polar surface area (TPSA) is 52.9 Å². The maximum atomic E-state index is 14.0. The van der Waals surface area contributed by atoms with Crippen LogP contribution < -0.4 is 5.32 Å². The molecule has 27 heavy (non-hydrogen) atoms. The van der Waals surface area contributed by atoms with E-state index in [1.54, 1.807) is 24.3 Å². The standard InChI is InChI=1S/C21H19F3N2O/c22-15-7-5-14(6-8-15)16-3-1-2-4-17(16)18-9-10-21(23,24)13-19(18)20(27)26-12-11-25/h1-8,18-19H,9-10,12-13H2,(H,26,27). The number of rotatable bonds is 4. The van der Waals surface area contributed by atoms with E-state index in [1.807, 2.05) is 18.2 Å². The lowest BCUT2D eigenvalue weighted by Crippen LogP contribution is -2.41. The van der Waals surface area contributed by atoms with E-state index in [1.165, 1.54) is 12.1 Å². The molecule has 1 saturated carbocycles. The summed E-state index contributed by atoms with van der Waals surface area (Å²) in [6, 6.07) is 15.1. The number of nitrogens with one attached hydrogen (secondary N) is 1. The monoisotopic (exact) mass is 372 g/mol. The summed E-state index contributed by atoms with van der Waals surface area (Å²) in [4.78, 5) is 12.5. The van der Waals surface area contributed by atoms with Gasteiger partial charge in [-0.3, -0.25) is 4.79 Å². The smallest absolute Gasteiger partial charge is 0.249 e. The number of amides is 1. The van der Waals surface area contributed by atoms with E-state index in [9.17, 15) is 18.0 Å². The first-order valence-electron chi connectivity index (χ1n) is 8.78. The lowest BCUT2D eigenvalue weighted by Gasteiger charge is -2.36. The number of nitrogens with zero attached hydrogens (tertiary/aromatic N) is 1. The molecule has 1 aliphatic carbocycles. The third-order valence-corrected chi connectivity index (χ3v) is 5.02. The maximum absolute atomic E-state index is 14.0. The quantitative estimate of drug-likeness (QED) is 0.794. The fourth-order valence-electron chi connectivity index (χ4n) is 3.75. The minimum Gasteiger partial charge on any atom is -0.343 e. The Labute approximate surface area is 155 Å². The van der Waals surface area contributed by atoms with Crippen molar-refractivity contribution in [3.63, 3.8) is 0 Å². The van der Waals surface area contributed by atoms with Gasteiger partial charge in [-0.25, -0.2) is 13.2 Å². The molecule has 1 amide bonds. The molecule has 0 heterocycles. The van der Waals surface area contributed by atoms with Crippen molar-refractivity contribution in [1.29, 1.82) is 5.26 Å². The van der Waals surface area contributed by atoms with Crippen LogP contribution in [-0.2, 0) is 4.79 Å². The number of hydrogen-bond donors (Lipinski definition) is 1. The van der Waals surface area contributed by atoms with Gasteiger partial charge in [0.25, 0.3) is 0 Å². The lowest BCUT2D eigenvalue weighted by molar-refractivity contribution is -0.133. The zero-order valence-corrected chi connectivity index (χ0v) is 14.6. The van der Waals surface area contributed by atoms with Crippen molar-refractivity contribution < 1.29 is 18.0 Å². The molecular formula is C21H19F3N2O. The van der Waals surface area contributed by atoms with Gasteiger partial charge >= 0.3 is 0 Å². The van der Waals surface area contributed by atoms with Gasteiger partial charge in [0.15, 0.2) is 0 Å². The molecule has 2 aromatic carbocycles. The van der Waals surface area contributed by atoms with Gasteiger partial charge in [-0.2, -0.15) is 5.26 Å². The molecule has 3 nitrogen and oxygen atoms in total. The Morgan fingerprint density at radius 2 is 1.89 bits per heavy atom. The van der Waals surface area contributed by atoms with Gasteiger partial charge in [-0.15, -0.1) is 0 Å². The van der Waals surface area contributed by atoms with Crippen molar-refractivity contribution in [2.75, 3.05) is 6.54 Å². The molecule has 6 heteroatoms. The largest absolute Gasteiger partial charge is 0.343 e. The van der Waals surface area contributed by atoms with Crippen LogP contribution in [0.4, 0.5) is 13.2 Å². The summed E-state index contributed by atoms with van der Waals surface area (Å²) >= 11 is 0. The zero-order valence-electron chi connectivity index (χ0n) is 14.6. The van der Waals surface area contributed by atoms with Crippen molar-refractivity contribution in [3.05, 3.63) is 59.9 Å². The average molecular weight is 372 g/mol. The molecular weight excluding hydrogens is 353 g/mol. The summed E-state index contributed by atoms with van der Waals surface area (Å²) in [5.74, 6) is -5.12. The Kier molecular flexibility index (Phi) is 5.50. The number of halogens is 3. The highest BCUT2D eigenvalue weighted by Gasteiger charge is 2.45. The van der Waals surface area contributed by atoms with Crippen molar-refractivity contribution in [3.8, 4) is 17.2 Å². The molecule has 140 valence electrons. The van der Waals surface area contributed by atoms with Crippen molar-refractivity contribution in [1.82, 2.24) is 5.32 Å². The summed E-state index contributed by atoms with van der Waals surface area (Å²) in [5, 5.41) is 11.1. The van der Waals surface area contributed by atoms with E-state index in [4.69, 9.17) is 5.26 Å². The molecule has 0 aliphatic heterocycles. The molecule has 3 rings (SSSR count). The number of nitriles is 1. The van der Waals surface area contributed by atoms with Gasteiger partial charge in [0.05, 0.1) is 12.0 Å². The van der Waals surface area contributed by atoms with E-state index >= 15 is 0 Å². The van der Waals surface area contributed by atoms with Crippen LogP contribution >= 0.6 is 0 Å². The fourth-order valence-corrected chi connectivity index (χ4v) is 3.75. The second-order valence-corrected chi connectivity index (χ2v) is 6.78. The van der Waals surface area contributed by atoms with Gasteiger partial charge in [-0.1, -0.05) is 36.4 Å². The second-order valence-electron chi connectivity index (χ2n) is 6.78. The fraction of sp³-hybridized carbons (Fsp3) is 0.333. The summed E-state index contributed by atoms with van der Waals surface area (Å²) < 4.78 is 41.3. The Morgan fingerprint density at radius 1 is 1.19 bits per heavy atom. The molecule has 2 aromatic rings. The third kappa shape index (κ3) is 4.30. The Bertz CT molecular complexity index is 858. The van der Waals surface area contributed by atoms with Gasteiger partial charge in [0.1, 0.15) is 12.4 Å². The maximum Gasteiger partial charge on any atom is 0.249 e. The molecule has 0 saturated heterocycles. The first-order valence-corrected chi connectivity index (χ1v) is 8.78. The molecule has 0 radical (unpaired) electrons. The average Bonchev–Trinajstić information content (AvgIpc) is 2.66. The minimum atomic E-state index is -2.91. The predicted molar refractivity (Wildman–Crippen MR) is 95.5 cm³/mol. The number of benzene rings is 2. The van der Waals surface area contributed by atoms with Crippen molar-refractivity contribution in [2.24, 2.45) is 5.92 Å². The Balaban J connectivity index is 1.99. The Morgan fingerprint density at radius 3 is 2.59 bits per heavy atom. The van der Waals surface area contributed by atoms with Gasteiger partial charge in [0, 0.05) is 12.8 Å². The zero-order chi connectivity index (χ0) is 19.4. The first-order chi connectivity index (χ1) is 12.9. The summed E-state index contributed by atoms with van der Waals surface area (Å²) in [6.45, 7) is -0.215. The van der Waals surface area contributed by atoms with Gasteiger partial charge in [-0.05, 0) is 41.2 Å². The summed E-state index contributed by atoms with van der Waals surface area (Å²) in [7, 11) is 0. The molecule has 0 spiro atoms. The van der Waals surface area contributed by atoms with E-state index in [2.05, 4.69) is 5.32 Å². The van der Waals surface area contributed by atoms with Crippen LogP contribution in [0.2, 0.25) is 0 Å². The van der Waals surface area contributed by atoms with Gasteiger partial charge in [0.2, 0.25) is 11.8 Å². The highest BCUT2D eigenvalue weighted by atomic mass is 19.3. The molecule has 2 atom stereocenters. The molecule has 1 fully saturated rings.